The van der Waals surface area contributed by atoms with Gasteiger partial charge >= 0.3 is 0 Å². The van der Waals surface area contributed by atoms with E-state index in [1.165, 1.54) is 5.56 Å². The first-order chi connectivity index (χ1) is 9.67. The molecule has 5 heteroatoms. The summed E-state index contributed by atoms with van der Waals surface area (Å²) in [6.45, 7) is 13.1. The maximum absolute atomic E-state index is 6.18. The minimum Gasteiger partial charge on any atom is -0.367 e. The van der Waals surface area contributed by atoms with E-state index < -0.39 is 0 Å². The fourth-order valence-electron chi connectivity index (χ4n) is 3.65. The summed E-state index contributed by atoms with van der Waals surface area (Å²) in [5.41, 5.74) is 8.21. The van der Waals surface area contributed by atoms with Gasteiger partial charge in [-0.2, -0.15) is 5.10 Å². The quantitative estimate of drug-likeness (QED) is 0.921. The molecular weight excluding hydrogens is 264 g/mol. The summed E-state index contributed by atoms with van der Waals surface area (Å²) in [7, 11) is 1.98. The summed E-state index contributed by atoms with van der Waals surface area (Å²) in [6, 6.07) is 0.205. The van der Waals surface area contributed by atoms with Gasteiger partial charge in [0, 0.05) is 38.4 Å². The van der Waals surface area contributed by atoms with E-state index in [9.17, 15) is 0 Å². The third kappa shape index (κ3) is 3.65. The highest BCUT2D eigenvalue weighted by molar-refractivity contribution is 5.22. The number of ether oxygens (including phenoxy) is 1. The van der Waals surface area contributed by atoms with Crippen molar-refractivity contribution in [3.63, 3.8) is 0 Å². The standard InChI is InChI=1S/C16H30N4O/c1-7-13-12(9-19(6)18-13)14(8-17)20-10-15(2,3)21-16(4,5)11-20/h9,14H,7-8,10-11,17H2,1-6H3. The fourth-order valence-corrected chi connectivity index (χ4v) is 3.65. The minimum absolute atomic E-state index is 0.163. The zero-order valence-electron chi connectivity index (χ0n) is 14.3. The molecule has 1 aliphatic rings. The van der Waals surface area contributed by atoms with Gasteiger partial charge in [0.15, 0.2) is 0 Å². The maximum atomic E-state index is 6.18. The highest BCUT2D eigenvalue weighted by Gasteiger charge is 2.41. The van der Waals surface area contributed by atoms with Crippen LogP contribution in [0.3, 0.4) is 0 Å². The Balaban J connectivity index is 2.32. The van der Waals surface area contributed by atoms with Gasteiger partial charge in [0.05, 0.1) is 22.9 Å². The second-order valence-corrected chi connectivity index (χ2v) is 7.34. The maximum Gasteiger partial charge on any atom is 0.0761 e. The van der Waals surface area contributed by atoms with E-state index in [0.717, 1.165) is 25.2 Å². The van der Waals surface area contributed by atoms with Gasteiger partial charge in [0.1, 0.15) is 0 Å². The molecule has 0 aromatic carbocycles. The molecule has 1 aliphatic heterocycles. The molecule has 2 rings (SSSR count). The predicted octanol–water partition coefficient (Wildman–Crippen LogP) is 1.87. The van der Waals surface area contributed by atoms with Crippen LogP contribution >= 0.6 is 0 Å². The molecule has 1 aromatic heterocycles. The smallest absolute Gasteiger partial charge is 0.0761 e. The number of nitrogens with zero attached hydrogens (tertiary/aromatic N) is 3. The van der Waals surface area contributed by atoms with E-state index >= 15 is 0 Å². The number of nitrogens with two attached hydrogens (primary N) is 1. The molecule has 0 aliphatic carbocycles. The Labute approximate surface area is 128 Å². The monoisotopic (exact) mass is 294 g/mol. The summed E-state index contributed by atoms with van der Waals surface area (Å²) in [6.07, 6.45) is 3.05. The molecule has 2 heterocycles. The van der Waals surface area contributed by atoms with Gasteiger partial charge < -0.3 is 10.5 Å². The lowest BCUT2D eigenvalue weighted by Gasteiger charge is -2.49. The van der Waals surface area contributed by atoms with E-state index in [2.05, 4.69) is 50.8 Å². The molecule has 21 heavy (non-hydrogen) atoms. The Morgan fingerprint density at radius 2 is 1.86 bits per heavy atom. The Hall–Kier alpha value is -0.910. The first-order valence-corrected chi connectivity index (χ1v) is 7.84. The number of hydrogen-bond acceptors (Lipinski definition) is 4. The molecule has 1 fully saturated rings. The van der Waals surface area contributed by atoms with E-state index in [4.69, 9.17) is 10.5 Å². The Morgan fingerprint density at radius 1 is 1.29 bits per heavy atom. The van der Waals surface area contributed by atoms with Crippen LogP contribution in [0.15, 0.2) is 6.20 Å². The van der Waals surface area contributed by atoms with E-state index in [-0.39, 0.29) is 17.2 Å². The molecule has 1 unspecified atom stereocenters. The Bertz CT molecular complexity index is 476. The molecule has 0 saturated carbocycles. The third-order valence-electron chi connectivity index (χ3n) is 4.02. The van der Waals surface area contributed by atoms with Crippen LogP contribution in [0.1, 0.15) is 51.9 Å². The minimum atomic E-state index is -0.163. The fraction of sp³-hybridized carbons (Fsp3) is 0.812. The lowest BCUT2D eigenvalue weighted by Crippen LogP contribution is -2.58. The second-order valence-electron chi connectivity index (χ2n) is 7.34. The van der Waals surface area contributed by atoms with Gasteiger partial charge in [0.2, 0.25) is 0 Å². The molecule has 2 N–H and O–H groups in total. The average Bonchev–Trinajstić information content (AvgIpc) is 2.67. The summed E-state index contributed by atoms with van der Waals surface area (Å²) in [4.78, 5) is 2.46. The molecule has 1 saturated heterocycles. The molecule has 0 radical (unpaired) electrons. The van der Waals surface area contributed by atoms with Crippen molar-refractivity contribution >= 4 is 0 Å². The molecule has 0 bridgehead atoms. The normalized spacial score (nSPS) is 23.2. The lowest BCUT2D eigenvalue weighted by atomic mass is 9.95. The largest absolute Gasteiger partial charge is 0.367 e. The molecule has 5 nitrogen and oxygen atoms in total. The van der Waals surface area contributed by atoms with Crippen molar-refractivity contribution in [3.05, 3.63) is 17.5 Å². The van der Waals surface area contributed by atoms with Gasteiger partial charge in [-0.15, -0.1) is 0 Å². The van der Waals surface area contributed by atoms with Crippen molar-refractivity contribution in [2.75, 3.05) is 19.6 Å². The molecule has 1 atom stereocenters. The first kappa shape index (κ1) is 16.5. The van der Waals surface area contributed by atoms with Gasteiger partial charge in [-0.25, -0.2) is 0 Å². The van der Waals surface area contributed by atoms with Crippen LogP contribution in [0.25, 0.3) is 0 Å². The van der Waals surface area contributed by atoms with Gasteiger partial charge in [-0.3, -0.25) is 9.58 Å². The van der Waals surface area contributed by atoms with Crippen LogP contribution < -0.4 is 5.73 Å². The van der Waals surface area contributed by atoms with Crippen LogP contribution in [0.2, 0.25) is 0 Å². The SMILES string of the molecule is CCc1nn(C)cc1C(CN)N1CC(C)(C)OC(C)(C)C1. The predicted molar refractivity (Wildman–Crippen MR) is 85.2 cm³/mol. The topological polar surface area (TPSA) is 56.3 Å². The Kier molecular flexibility index (Phi) is 4.47. The second kappa shape index (κ2) is 5.71. The number of aromatic nitrogens is 2. The average molecular weight is 294 g/mol. The number of rotatable bonds is 4. The van der Waals surface area contributed by atoms with Crippen molar-refractivity contribution in [2.45, 2.75) is 58.3 Å². The van der Waals surface area contributed by atoms with E-state index in [1.807, 2.05) is 11.7 Å². The molecule has 0 amide bonds. The lowest BCUT2D eigenvalue weighted by molar-refractivity contribution is -0.187. The molecule has 1 aromatic rings. The summed E-state index contributed by atoms with van der Waals surface area (Å²) < 4.78 is 8.08. The van der Waals surface area contributed by atoms with Crippen LogP contribution in [0.5, 0.6) is 0 Å². The molecule has 120 valence electrons. The summed E-state index contributed by atoms with van der Waals surface area (Å²) in [5.74, 6) is 0. The summed E-state index contributed by atoms with van der Waals surface area (Å²) in [5, 5.41) is 4.57. The van der Waals surface area contributed by atoms with Crippen LogP contribution in [0, 0.1) is 0 Å². The van der Waals surface area contributed by atoms with Crippen molar-refractivity contribution < 1.29 is 4.74 Å². The first-order valence-electron chi connectivity index (χ1n) is 7.84. The van der Waals surface area contributed by atoms with Gasteiger partial charge in [0.25, 0.3) is 0 Å². The van der Waals surface area contributed by atoms with Crippen molar-refractivity contribution in [1.29, 1.82) is 0 Å². The van der Waals surface area contributed by atoms with Crippen LogP contribution in [-0.4, -0.2) is 45.5 Å². The van der Waals surface area contributed by atoms with Crippen molar-refractivity contribution in [1.82, 2.24) is 14.7 Å². The highest BCUT2D eigenvalue weighted by atomic mass is 16.5. The molecule has 0 spiro atoms. The van der Waals surface area contributed by atoms with Crippen LogP contribution in [-0.2, 0) is 18.2 Å². The van der Waals surface area contributed by atoms with E-state index in [1.54, 1.807) is 0 Å². The number of aryl methyl sites for hydroxylation is 2. The van der Waals surface area contributed by atoms with Crippen molar-refractivity contribution in [3.8, 4) is 0 Å². The van der Waals surface area contributed by atoms with Gasteiger partial charge in [-0.05, 0) is 34.1 Å². The molecular formula is C16H30N4O. The zero-order chi connectivity index (χ0) is 15.8. The number of hydrogen-bond donors (Lipinski definition) is 1. The highest BCUT2D eigenvalue weighted by Crippen LogP contribution is 2.34. The zero-order valence-corrected chi connectivity index (χ0v) is 14.3. The van der Waals surface area contributed by atoms with Crippen molar-refractivity contribution in [2.24, 2.45) is 12.8 Å². The summed E-state index contributed by atoms with van der Waals surface area (Å²) >= 11 is 0. The van der Waals surface area contributed by atoms with Crippen LogP contribution in [0.4, 0.5) is 0 Å². The van der Waals surface area contributed by atoms with Gasteiger partial charge in [-0.1, -0.05) is 6.92 Å². The Morgan fingerprint density at radius 3 is 2.33 bits per heavy atom. The number of morpholine rings is 1. The third-order valence-corrected chi connectivity index (χ3v) is 4.02. The van der Waals surface area contributed by atoms with E-state index in [0.29, 0.717) is 6.54 Å².